The van der Waals surface area contributed by atoms with E-state index < -0.39 is 0 Å². The Morgan fingerprint density at radius 1 is 1.25 bits per heavy atom. The minimum atomic E-state index is -0.356. The van der Waals surface area contributed by atoms with Gasteiger partial charge in [0, 0.05) is 33.0 Å². The highest BCUT2D eigenvalue weighted by Crippen LogP contribution is 2.04. The number of ketones is 1. The number of unbranched alkanes of at least 4 members (excludes halogenated alkanes) is 1. The van der Waals surface area contributed by atoms with Crippen LogP contribution in [-0.4, -0.2) is 53.9 Å². The summed E-state index contributed by atoms with van der Waals surface area (Å²) in [4.78, 5) is 41.5. The van der Waals surface area contributed by atoms with Crippen LogP contribution in [-0.2, 0) is 9.53 Å². The number of imidazole rings is 1. The highest BCUT2D eigenvalue weighted by Gasteiger charge is 2.15. The largest absolute Gasteiger partial charge is 0.379 e. The number of nitrogens with zero attached hydrogens (tertiary/aromatic N) is 1. The summed E-state index contributed by atoms with van der Waals surface area (Å²) in [5.74, 6) is -0.722. The fourth-order valence-corrected chi connectivity index (χ4v) is 1.90. The quantitative estimate of drug-likeness (QED) is 0.412. The first-order valence-electron chi connectivity index (χ1n) is 8.12. The molecule has 0 aromatic carbocycles. The summed E-state index contributed by atoms with van der Waals surface area (Å²) in [7, 11) is 1.51. The van der Waals surface area contributed by atoms with Gasteiger partial charge in [-0.2, -0.15) is 0 Å². The fraction of sp³-hybridized carbons (Fsp3) is 0.625. The van der Waals surface area contributed by atoms with Crippen LogP contribution in [0.1, 0.15) is 60.6 Å². The van der Waals surface area contributed by atoms with Crippen molar-refractivity contribution in [2.75, 3.05) is 20.2 Å². The van der Waals surface area contributed by atoms with Gasteiger partial charge in [0.1, 0.15) is 5.69 Å². The molecule has 1 heterocycles. The topological polar surface area (TPSA) is 113 Å². The second-order valence-corrected chi connectivity index (χ2v) is 5.62. The fourth-order valence-electron chi connectivity index (χ4n) is 1.90. The molecule has 134 valence electrons. The van der Waals surface area contributed by atoms with Crippen molar-refractivity contribution in [3.8, 4) is 0 Å². The zero-order valence-electron chi connectivity index (χ0n) is 14.5. The van der Waals surface area contributed by atoms with Gasteiger partial charge in [0.15, 0.2) is 11.6 Å². The van der Waals surface area contributed by atoms with Gasteiger partial charge in [-0.3, -0.25) is 14.4 Å². The Kier molecular flexibility index (Phi) is 8.70. The van der Waals surface area contributed by atoms with E-state index in [1.165, 1.54) is 13.2 Å². The van der Waals surface area contributed by atoms with Crippen LogP contribution in [0.25, 0.3) is 0 Å². The average molecular weight is 338 g/mol. The van der Waals surface area contributed by atoms with Crippen LogP contribution >= 0.6 is 0 Å². The molecule has 0 saturated carbocycles. The first-order chi connectivity index (χ1) is 11.4. The van der Waals surface area contributed by atoms with Crippen LogP contribution in [0, 0.1) is 0 Å². The van der Waals surface area contributed by atoms with Gasteiger partial charge in [-0.25, -0.2) is 4.98 Å². The molecule has 0 aliphatic rings. The van der Waals surface area contributed by atoms with Gasteiger partial charge in [-0.05, 0) is 26.7 Å². The predicted molar refractivity (Wildman–Crippen MR) is 88.9 cm³/mol. The van der Waals surface area contributed by atoms with Crippen molar-refractivity contribution in [1.82, 2.24) is 20.6 Å². The highest BCUT2D eigenvalue weighted by atomic mass is 16.5. The number of nitrogens with one attached hydrogen (secondary N) is 3. The predicted octanol–water partition coefficient (Wildman–Crippen LogP) is 1.05. The van der Waals surface area contributed by atoms with Crippen molar-refractivity contribution < 1.29 is 19.1 Å². The van der Waals surface area contributed by atoms with Crippen molar-refractivity contribution in [2.45, 2.75) is 45.6 Å². The van der Waals surface area contributed by atoms with E-state index in [1.54, 1.807) is 0 Å². The van der Waals surface area contributed by atoms with Gasteiger partial charge >= 0.3 is 0 Å². The van der Waals surface area contributed by atoms with Gasteiger partial charge in [0.25, 0.3) is 5.91 Å². The van der Waals surface area contributed by atoms with E-state index in [0.717, 1.165) is 12.8 Å². The molecule has 0 fully saturated rings. The standard InChI is InChI=1S/C16H26N4O4/c1-11(2)24-9-5-4-8-18-16(23)15-19-10-12(20-15)13(21)6-7-14(22)17-3/h10-11H,4-9H2,1-3H3,(H,17,22)(H,18,23)(H,19,20). The first kappa shape index (κ1) is 19.8. The summed E-state index contributed by atoms with van der Waals surface area (Å²) in [6.07, 6.45) is 3.36. The molecule has 0 bridgehead atoms. The number of amides is 2. The summed E-state index contributed by atoms with van der Waals surface area (Å²) in [6.45, 7) is 5.14. The number of Topliss-reactive ketones (excluding diaryl/α,β-unsaturated/α-hetero) is 1. The van der Waals surface area contributed by atoms with Crippen LogP contribution in [0.2, 0.25) is 0 Å². The number of H-pyrrole nitrogens is 1. The maximum atomic E-state index is 11.9. The van der Waals surface area contributed by atoms with Gasteiger partial charge in [-0.1, -0.05) is 0 Å². The number of aromatic nitrogens is 2. The lowest BCUT2D eigenvalue weighted by Gasteiger charge is -2.07. The Bertz CT molecular complexity index is 554. The molecule has 0 aliphatic carbocycles. The molecule has 24 heavy (non-hydrogen) atoms. The monoisotopic (exact) mass is 338 g/mol. The molecule has 0 saturated heterocycles. The number of carbonyl (C=O) groups excluding carboxylic acids is 3. The van der Waals surface area contributed by atoms with Crippen LogP contribution in [0.15, 0.2) is 6.20 Å². The molecule has 0 unspecified atom stereocenters. The molecular formula is C16H26N4O4. The maximum Gasteiger partial charge on any atom is 0.287 e. The first-order valence-corrected chi connectivity index (χ1v) is 8.12. The van der Waals surface area contributed by atoms with Gasteiger partial charge in [0.05, 0.1) is 12.3 Å². The van der Waals surface area contributed by atoms with E-state index in [1.807, 2.05) is 13.8 Å². The third-order valence-electron chi connectivity index (χ3n) is 3.26. The number of carbonyl (C=O) groups is 3. The third-order valence-corrected chi connectivity index (χ3v) is 3.26. The number of rotatable bonds is 11. The normalized spacial score (nSPS) is 10.7. The summed E-state index contributed by atoms with van der Waals surface area (Å²) in [5, 5.41) is 5.18. The Morgan fingerprint density at radius 2 is 2.00 bits per heavy atom. The Hall–Kier alpha value is -2.22. The van der Waals surface area contributed by atoms with Crippen LogP contribution in [0.4, 0.5) is 0 Å². The van der Waals surface area contributed by atoms with Crippen molar-refractivity contribution in [3.63, 3.8) is 0 Å². The van der Waals surface area contributed by atoms with Gasteiger partial charge in [-0.15, -0.1) is 0 Å². The summed E-state index contributed by atoms with van der Waals surface area (Å²) in [6, 6.07) is 0. The lowest BCUT2D eigenvalue weighted by atomic mass is 10.2. The lowest BCUT2D eigenvalue weighted by Crippen LogP contribution is -2.26. The molecule has 1 rings (SSSR count). The SMILES string of the molecule is CNC(=O)CCC(=O)c1cnc(C(=O)NCCCCOC(C)C)[nH]1. The number of hydrogen-bond donors (Lipinski definition) is 3. The van der Waals surface area contributed by atoms with E-state index in [4.69, 9.17) is 4.74 Å². The van der Waals surface area contributed by atoms with E-state index in [9.17, 15) is 14.4 Å². The zero-order valence-corrected chi connectivity index (χ0v) is 14.5. The van der Waals surface area contributed by atoms with E-state index >= 15 is 0 Å². The minimum absolute atomic E-state index is 0.0682. The second-order valence-electron chi connectivity index (χ2n) is 5.62. The Balaban J connectivity index is 2.32. The zero-order chi connectivity index (χ0) is 17.9. The molecular weight excluding hydrogens is 312 g/mol. The summed E-state index contributed by atoms with van der Waals surface area (Å²) >= 11 is 0. The molecule has 0 atom stereocenters. The third kappa shape index (κ3) is 7.36. The average Bonchev–Trinajstić information content (AvgIpc) is 3.05. The second kappa shape index (κ2) is 10.5. The molecule has 8 heteroatoms. The van der Waals surface area contributed by atoms with E-state index in [-0.39, 0.29) is 48.1 Å². The van der Waals surface area contributed by atoms with E-state index in [2.05, 4.69) is 20.6 Å². The molecule has 1 aromatic rings. The molecule has 0 radical (unpaired) electrons. The van der Waals surface area contributed by atoms with Crippen molar-refractivity contribution in [1.29, 1.82) is 0 Å². The molecule has 1 aromatic heterocycles. The van der Waals surface area contributed by atoms with Crippen molar-refractivity contribution in [2.24, 2.45) is 0 Å². The molecule has 0 aliphatic heterocycles. The smallest absolute Gasteiger partial charge is 0.287 e. The molecule has 2 amide bonds. The number of aromatic amines is 1. The number of hydrogen-bond acceptors (Lipinski definition) is 5. The Labute approximate surface area is 141 Å². The minimum Gasteiger partial charge on any atom is -0.379 e. The van der Waals surface area contributed by atoms with Gasteiger partial charge in [0.2, 0.25) is 5.91 Å². The highest BCUT2D eigenvalue weighted by molar-refractivity contribution is 5.98. The summed E-state index contributed by atoms with van der Waals surface area (Å²) < 4.78 is 5.41. The van der Waals surface area contributed by atoms with Crippen molar-refractivity contribution >= 4 is 17.6 Å². The van der Waals surface area contributed by atoms with Crippen molar-refractivity contribution in [3.05, 3.63) is 17.7 Å². The lowest BCUT2D eigenvalue weighted by molar-refractivity contribution is -0.120. The Morgan fingerprint density at radius 3 is 2.67 bits per heavy atom. The molecule has 0 spiro atoms. The van der Waals surface area contributed by atoms with E-state index in [0.29, 0.717) is 13.2 Å². The van der Waals surface area contributed by atoms with Gasteiger partial charge < -0.3 is 20.4 Å². The number of ether oxygens (including phenoxy) is 1. The van der Waals surface area contributed by atoms with Crippen LogP contribution in [0.5, 0.6) is 0 Å². The molecule has 3 N–H and O–H groups in total. The summed E-state index contributed by atoms with van der Waals surface area (Å²) in [5.41, 5.74) is 0.231. The molecule has 8 nitrogen and oxygen atoms in total. The van der Waals surface area contributed by atoms with Crippen LogP contribution < -0.4 is 10.6 Å². The maximum absolute atomic E-state index is 11.9. The van der Waals surface area contributed by atoms with Crippen LogP contribution in [0.3, 0.4) is 0 Å².